The lowest BCUT2D eigenvalue weighted by Gasteiger charge is -2.17. The van der Waals surface area contributed by atoms with Gasteiger partial charge in [0, 0.05) is 13.2 Å². The smallest absolute Gasteiger partial charge is 0.123 e. The zero-order valence-electron chi connectivity index (χ0n) is 9.95. The van der Waals surface area contributed by atoms with Crippen molar-refractivity contribution in [3.63, 3.8) is 0 Å². The maximum Gasteiger partial charge on any atom is 0.123 e. The van der Waals surface area contributed by atoms with E-state index in [1.807, 2.05) is 0 Å². The van der Waals surface area contributed by atoms with E-state index >= 15 is 0 Å². The summed E-state index contributed by atoms with van der Waals surface area (Å²) in [5.41, 5.74) is 6.58. The van der Waals surface area contributed by atoms with Crippen LogP contribution in [0.5, 0.6) is 0 Å². The Kier molecular flexibility index (Phi) is 5.43. The van der Waals surface area contributed by atoms with E-state index in [1.165, 1.54) is 12.1 Å². The Morgan fingerprint density at radius 3 is 2.38 bits per heavy atom. The third-order valence-corrected chi connectivity index (χ3v) is 2.47. The lowest BCUT2D eigenvalue weighted by atomic mass is 10.1. The van der Waals surface area contributed by atoms with Gasteiger partial charge in [-0.1, -0.05) is 26.0 Å². The molecule has 0 radical (unpaired) electrons. The van der Waals surface area contributed by atoms with Gasteiger partial charge in [-0.05, 0) is 30.0 Å². The van der Waals surface area contributed by atoms with Gasteiger partial charge in [0.15, 0.2) is 0 Å². The van der Waals surface area contributed by atoms with Crippen molar-refractivity contribution in [2.45, 2.75) is 26.4 Å². The molecule has 0 saturated carbocycles. The zero-order valence-corrected chi connectivity index (χ0v) is 9.95. The standard InChI is InChI=1S/C13H20FNO/c1-10(2)7-8-16-13(9-15)11-3-5-12(14)6-4-11/h3-6,10,13H,7-9,15H2,1-2H3. The number of ether oxygens (including phenoxy) is 1. The first-order valence-electron chi connectivity index (χ1n) is 5.70. The normalized spacial score (nSPS) is 13.1. The van der Waals surface area contributed by atoms with Crippen molar-refractivity contribution < 1.29 is 9.13 Å². The average molecular weight is 225 g/mol. The third kappa shape index (κ3) is 4.29. The SMILES string of the molecule is CC(C)CCOC(CN)c1ccc(F)cc1. The molecule has 0 aliphatic rings. The molecule has 1 aromatic rings. The number of rotatable bonds is 6. The van der Waals surface area contributed by atoms with Crippen LogP contribution in [0.4, 0.5) is 4.39 Å². The summed E-state index contributed by atoms with van der Waals surface area (Å²) in [5.74, 6) is 0.383. The second-order valence-corrected chi connectivity index (χ2v) is 4.33. The lowest BCUT2D eigenvalue weighted by Crippen LogP contribution is -2.17. The molecule has 0 bridgehead atoms. The van der Waals surface area contributed by atoms with E-state index in [9.17, 15) is 4.39 Å². The second kappa shape index (κ2) is 6.61. The molecule has 3 heteroatoms. The summed E-state index contributed by atoms with van der Waals surface area (Å²) in [7, 11) is 0. The first-order valence-corrected chi connectivity index (χ1v) is 5.70. The topological polar surface area (TPSA) is 35.2 Å². The Labute approximate surface area is 96.6 Å². The van der Waals surface area contributed by atoms with Crippen molar-refractivity contribution in [2.24, 2.45) is 11.7 Å². The molecule has 0 saturated heterocycles. The summed E-state index contributed by atoms with van der Waals surface area (Å²) >= 11 is 0. The second-order valence-electron chi connectivity index (χ2n) is 4.33. The van der Waals surface area contributed by atoms with Crippen LogP contribution in [0.25, 0.3) is 0 Å². The van der Waals surface area contributed by atoms with Crippen LogP contribution >= 0.6 is 0 Å². The van der Waals surface area contributed by atoms with Crippen molar-refractivity contribution in [3.05, 3.63) is 35.6 Å². The minimum Gasteiger partial charge on any atom is -0.372 e. The van der Waals surface area contributed by atoms with Crippen molar-refractivity contribution >= 4 is 0 Å². The first-order chi connectivity index (χ1) is 7.63. The van der Waals surface area contributed by atoms with E-state index < -0.39 is 0 Å². The maximum absolute atomic E-state index is 12.7. The van der Waals surface area contributed by atoms with Gasteiger partial charge in [0.25, 0.3) is 0 Å². The van der Waals surface area contributed by atoms with E-state index in [2.05, 4.69) is 13.8 Å². The van der Waals surface area contributed by atoms with Crippen LogP contribution in [-0.4, -0.2) is 13.2 Å². The number of benzene rings is 1. The molecule has 90 valence electrons. The Balaban J connectivity index is 2.50. The quantitative estimate of drug-likeness (QED) is 0.808. The van der Waals surface area contributed by atoms with Gasteiger partial charge in [-0.2, -0.15) is 0 Å². The summed E-state index contributed by atoms with van der Waals surface area (Å²) in [6.45, 7) is 5.41. The Morgan fingerprint density at radius 2 is 1.88 bits per heavy atom. The van der Waals surface area contributed by atoms with Crippen LogP contribution in [0.3, 0.4) is 0 Å². The van der Waals surface area contributed by atoms with Gasteiger partial charge in [0.05, 0.1) is 6.10 Å². The van der Waals surface area contributed by atoms with Crippen molar-refractivity contribution in [1.82, 2.24) is 0 Å². The molecular weight excluding hydrogens is 205 g/mol. The predicted molar refractivity (Wildman–Crippen MR) is 63.6 cm³/mol. The first kappa shape index (κ1) is 13.1. The highest BCUT2D eigenvalue weighted by Gasteiger charge is 2.10. The fourth-order valence-corrected chi connectivity index (χ4v) is 1.42. The lowest BCUT2D eigenvalue weighted by molar-refractivity contribution is 0.0515. The monoisotopic (exact) mass is 225 g/mol. The van der Waals surface area contributed by atoms with E-state index in [-0.39, 0.29) is 11.9 Å². The summed E-state index contributed by atoms with van der Waals surface area (Å²) in [6.07, 6.45) is 0.886. The highest BCUT2D eigenvalue weighted by Crippen LogP contribution is 2.17. The fraction of sp³-hybridized carbons (Fsp3) is 0.538. The minimum absolute atomic E-state index is 0.126. The average Bonchev–Trinajstić information content (AvgIpc) is 2.26. The molecule has 0 aliphatic carbocycles. The number of hydrogen-bond acceptors (Lipinski definition) is 2. The minimum atomic E-state index is -0.235. The predicted octanol–water partition coefficient (Wildman–Crippen LogP) is 2.89. The highest BCUT2D eigenvalue weighted by atomic mass is 19.1. The van der Waals surface area contributed by atoms with Gasteiger partial charge >= 0.3 is 0 Å². The molecular formula is C13H20FNO. The Hall–Kier alpha value is -0.930. The van der Waals surface area contributed by atoms with Gasteiger partial charge in [-0.15, -0.1) is 0 Å². The third-order valence-electron chi connectivity index (χ3n) is 2.47. The van der Waals surface area contributed by atoms with Crippen molar-refractivity contribution in [3.8, 4) is 0 Å². The molecule has 0 fully saturated rings. The number of halogens is 1. The maximum atomic E-state index is 12.7. The Morgan fingerprint density at radius 1 is 1.25 bits per heavy atom. The molecule has 1 atom stereocenters. The van der Waals surface area contributed by atoms with E-state index in [0.29, 0.717) is 19.1 Å². The van der Waals surface area contributed by atoms with E-state index in [4.69, 9.17) is 10.5 Å². The Bertz CT molecular complexity index is 297. The fourth-order valence-electron chi connectivity index (χ4n) is 1.42. The molecule has 1 rings (SSSR count). The van der Waals surface area contributed by atoms with Crippen LogP contribution in [0.15, 0.2) is 24.3 Å². The molecule has 0 aliphatic heterocycles. The van der Waals surface area contributed by atoms with Gasteiger partial charge < -0.3 is 10.5 Å². The van der Waals surface area contributed by atoms with E-state index in [0.717, 1.165) is 12.0 Å². The largest absolute Gasteiger partial charge is 0.372 e. The van der Waals surface area contributed by atoms with Gasteiger partial charge in [-0.25, -0.2) is 4.39 Å². The summed E-state index contributed by atoms with van der Waals surface area (Å²) in [4.78, 5) is 0. The molecule has 0 spiro atoms. The molecule has 0 aromatic heterocycles. The summed E-state index contributed by atoms with van der Waals surface area (Å²) in [6, 6.07) is 6.32. The zero-order chi connectivity index (χ0) is 12.0. The van der Waals surface area contributed by atoms with Crippen molar-refractivity contribution in [2.75, 3.05) is 13.2 Å². The highest BCUT2D eigenvalue weighted by molar-refractivity contribution is 5.18. The van der Waals surface area contributed by atoms with Gasteiger partial charge in [-0.3, -0.25) is 0 Å². The van der Waals surface area contributed by atoms with Crippen LogP contribution < -0.4 is 5.73 Å². The summed E-state index contributed by atoms with van der Waals surface area (Å²) in [5, 5.41) is 0. The molecule has 0 heterocycles. The molecule has 1 unspecified atom stereocenters. The van der Waals surface area contributed by atoms with Crippen LogP contribution in [0.2, 0.25) is 0 Å². The van der Waals surface area contributed by atoms with Crippen molar-refractivity contribution in [1.29, 1.82) is 0 Å². The molecule has 2 N–H and O–H groups in total. The van der Waals surface area contributed by atoms with E-state index in [1.54, 1.807) is 12.1 Å². The molecule has 16 heavy (non-hydrogen) atoms. The summed E-state index contributed by atoms with van der Waals surface area (Å²) < 4.78 is 18.4. The molecule has 1 aromatic carbocycles. The number of hydrogen-bond donors (Lipinski definition) is 1. The van der Waals surface area contributed by atoms with Gasteiger partial charge in [0.1, 0.15) is 5.82 Å². The number of nitrogens with two attached hydrogens (primary N) is 1. The molecule has 0 amide bonds. The molecule has 2 nitrogen and oxygen atoms in total. The van der Waals surface area contributed by atoms with Crippen LogP contribution in [0.1, 0.15) is 31.9 Å². The van der Waals surface area contributed by atoms with Crippen LogP contribution in [-0.2, 0) is 4.74 Å². The van der Waals surface area contributed by atoms with Gasteiger partial charge in [0.2, 0.25) is 0 Å². The van der Waals surface area contributed by atoms with Crippen LogP contribution in [0, 0.1) is 11.7 Å².